The van der Waals surface area contributed by atoms with E-state index in [1.165, 1.54) is 21.3 Å². The summed E-state index contributed by atoms with van der Waals surface area (Å²) >= 11 is 0. The van der Waals surface area contributed by atoms with E-state index >= 15 is 0 Å². The molecule has 0 aliphatic carbocycles. The van der Waals surface area contributed by atoms with Gasteiger partial charge in [-0.1, -0.05) is 6.07 Å². The Morgan fingerprint density at radius 3 is 2.28 bits per heavy atom. The summed E-state index contributed by atoms with van der Waals surface area (Å²) in [5.74, 6) is 0.450. The molecule has 4 atom stereocenters. The molecular formula is C17H26N2O6. The molecule has 0 amide bonds. The fraction of sp³-hybridized carbons (Fsp3) is 0.588. The number of aliphatic hydroxyl groups is 1. The van der Waals surface area contributed by atoms with Crippen molar-refractivity contribution in [1.29, 1.82) is 0 Å². The van der Waals surface area contributed by atoms with Gasteiger partial charge in [-0.25, -0.2) is 5.43 Å². The Kier molecular flexibility index (Phi) is 6.46. The number of carbonyl (C=O) groups is 1. The molecule has 4 unspecified atom stereocenters. The van der Waals surface area contributed by atoms with Gasteiger partial charge in [0.15, 0.2) is 11.5 Å². The first-order valence-electron chi connectivity index (χ1n) is 8.03. The minimum Gasteiger partial charge on any atom is -0.493 e. The topological polar surface area (TPSA) is 98.3 Å². The molecule has 0 radical (unpaired) electrons. The molecule has 0 spiro atoms. The number of hydrogen-bond acceptors (Lipinski definition) is 8. The van der Waals surface area contributed by atoms with Crippen LogP contribution in [0.1, 0.15) is 24.8 Å². The minimum atomic E-state index is -0.817. The van der Waals surface area contributed by atoms with Crippen LogP contribution in [0.25, 0.3) is 0 Å². The molecule has 0 bridgehead atoms. The van der Waals surface area contributed by atoms with Crippen molar-refractivity contribution in [3.63, 3.8) is 0 Å². The summed E-state index contributed by atoms with van der Waals surface area (Å²) in [7, 11) is 5.94. The monoisotopic (exact) mass is 354 g/mol. The van der Waals surface area contributed by atoms with Gasteiger partial charge in [0.05, 0.1) is 34.9 Å². The molecule has 1 saturated heterocycles. The van der Waals surface area contributed by atoms with Gasteiger partial charge in [0.2, 0.25) is 5.75 Å². The first-order valence-corrected chi connectivity index (χ1v) is 8.03. The summed E-state index contributed by atoms with van der Waals surface area (Å²) in [5, 5.41) is 10.3. The first kappa shape index (κ1) is 19.3. The largest absolute Gasteiger partial charge is 0.493 e. The van der Waals surface area contributed by atoms with Crippen LogP contribution in [0.5, 0.6) is 17.2 Å². The van der Waals surface area contributed by atoms with Crippen molar-refractivity contribution in [2.24, 2.45) is 5.92 Å². The Morgan fingerprint density at radius 2 is 1.80 bits per heavy atom. The van der Waals surface area contributed by atoms with E-state index in [1.807, 2.05) is 13.0 Å². The SMILES string of the molecule is COC(=O)CC(c1ccc(OC)c(OC)c1OC)C1C(C)NNC1O. The van der Waals surface area contributed by atoms with Gasteiger partial charge in [0.1, 0.15) is 6.23 Å². The van der Waals surface area contributed by atoms with Crippen molar-refractivity contribution >= 4 is 5.97 Å². The molecule has 25 heavy (non-hydrogen) atoms. The summed E-state index contributed by atoms with van der Waals surface area (Å²) in [6, 6.07) is 3.52. The predicted octanol–water partition coefficient (Wildman–Crippen LogP) is 0.790. The summed E-state index contributed by atoms with van der Waals surface area (Å²) < 4.78 is 21.2. The van der Waals surface area contributed by atoms with E-state index in [4.69, 9.17) is 18.9 Å². The third-order valence-corrected chi connectivity index (χ3v) is 4.61. The Balaban J connectivity index is 2.55. The zero-order valence-electron chi connectivity index (χ0n) is 15.2. The number of hydrogen-bond donors (Lipinski definition) is 3. The van der Waals surface area contributed by atoms with Crippen LogP contribution >= 0.6 is 0 Å². The first-order chi connectivity index (χ1) is 12.0. The Labute approximate surface area is 147 Å². The van der Waals surface area contributed by atoms with Crippen LogP contribution in [-0.4, -0.2) is 51.8 Å². The lowest BCUT2D eigenvalue weighted by Gasteiger charge is -2.29. The average molecular weight is 354 g/mol. The number of hydrazine groups is 1. The molecule has 0 aromatic heterocycles. The van der Waals surface area contributed by atoms with E-state index in [0.29, 0.717) is 17.2 Å². The lowest BCUT2D eigenvalue weighted by atomic mass is 9.79. The summed E-state index contributed by atoms with van der Waals surface area (Å²) in [4.78, 5) is 12.0. The number of rotatable bonds is 7. The molecule has 3 N–H and O–H groups in total. The second kappa shape index (κ2) is 8.37. The van der Waals surface area contributed by atoms with Crippen molar-refractivity contribution < 1.29 is 28.8 Å². The van der Waals surface area contributed by atoms with Gasteiger partial charge in [-0.2, -0.15) is 0 Å². The maximum absolute atomic E-state index is 12.0. The second-order valence-corrected chi connectivity index (χ2v) is 5.91. The smallest absolute Gasteiger partial charge is 0.306 e. The van der Waals surface area contributed by atoms with E-state index < -0.39 is 6.23 Å². The standard InChI is InChI=1S/C17H26N2O6/c1-9-14(17(21)19-18-9)11(8-13(20)23-3)10-6-7-12(22-2)16(25-5)15(10)24-4/h6-7,9,11,14,17-19,21H,8H2,1-5H3. The fourth-order valence-electron chi connectivity index (χ4n) is 3.38. The summed E-state index contributed by atoms with van der Waals surface area (Å²) in [6.45, 7) is 1.94. The molecule has 1 aliphatic heterocycles. The van der Waals surface area contributed by atoms with Crippen LogP contribution in [0.3, 0.4) is 0 Å². The Bertz CT molecular complexity index is 599. The number of nitrogens with one attached hydrogen (secondary N) is 2. The van der Waals surface area contributed by atoms with E-state index in [1.54, 1.807) is 13.2 Å². The van der Waals surface area contributed by atoms with Gasteiger partial charge >= 0.3 is 5.97 Å². The van der Waals surface area contributed by atoms with Gasteiger partial charge in [-0.05, 0) is 13.0 Å². The van der Waals surface area contributed by atoms with E-state index in [2.05, 4.69) is 10.9 Å². The summed E-state index contributed by atoms with van der Waals surface area (Å²) in [6.07, 6.45) is -0.722. The predicted molar refractivity (Wildman–Crippen MR) is 90.7 cm³/mol. The summed E-state index contributed by atoms with van der Waals surface area (Å²) in [5.41, 5.74) is 6.55. The number of esters is 1. The molecular weight excluding hydrogens is 328 g/mol. The van der Waals surface area contributed by atoms with Crippen molar-refractivity contribution in [2.45, 2.75) is 31.5 Å². The van der Waals surface area contributed by atoms with E-state index in [9.17, 15) is 9.90 Å². The fourth-order valence-corrected chi connectivity index (χ4v) is 3.38. The molecule has 140 valence electrons. The van der Waals surface area contributed by atoms with Crippen LogP contribution in [-0.2, 0) is 9.53 Å². The normalized spacial score (nSPS) is 23.8. The van der Waals surface area contributed by atoms with Crippen molar-refractivity contribution in [3.8, 4) is 17.2 Å². The van der Waals surface area contributed by atoms with Crippen LogP contribution in [0, 0.1) is 5.92 Å². The third-order valence-electron chi connectivity index (χ3n) is 4.61. The van der Waals surface area contributed by atoms with E-state index in [0.717, 1.165) is 5.56 Å². The molecule has 1 heterocycles. The van der Waals surface area contributed by atoms with Crippen LogP contribution < -0.4 is 25.1 Å². The number of carbonyl (C=O) groups excluding carboxylic acids is 1. The molecule has 8 nitrogen and oxygen atoms in total. The van der Waals surface area contributed by atoms with Crippen LogP contribution in [0.4, 0.5) is 0 Å². The average Bonchev–Trinajstić information content (AvgIpc) is 2.96. The molecule has 2 rings (SSSR count). The highest BCUT2D eigenvalue weighted by Crippen LogP contribution is 2.46. The molecule has 1 fully saturated rings. The minimum absolute atomic E-state index is 0.0672. The van der Waals surface area contributed by atoms with E-state index in [-0.39, 0.29) is 30.3 Å². The van der Waals surface area contributed by atoms with Gasteiger partial charge in [-0.15, -0.1) is 0 Å². The Morgan fingerprint density at radius 1 is 1.12 bits per heavy atom. The van der Waals surface area contributed by atoms with Gasteiger partial charge in [0, 0.05) is 23.4 Å². The maximum atomic E-state index is 12.0. The number of ether oxygens (including phenoxy) is 4. The van der Waals surface area contributed by atoms with Crippen molar-refractivity contribution in [1.82, 2.24) is 10.9 Å². The number of aliphatic hydroxyl groups excluding tert-OH is 1. The number of benzene rings is 1. The highest BCUT2D eigenvalue weighted by atomic mass is 16.5. The molecule has 1 aliphatic rings. The van der Waals surface area contributed by atoms with Crippen LogP contribution in [0.15, 0.2) is 12.1 Å². The third kappa shape index (κ3) is 3.81. The zero-order chi connectivity index (χ0) is 18.6. The lowest BCUT2D eigenvalue weighted by Crippen LogP contribution is -2.33. The molecule has 0 saturated carbocycles. The van der Waals surface area contributed by atoms with Gasteiger partial charge < -0.3 is 24.1 Å². The molecule has 1 aromatic rings. The second-order valence-electron chi connectivity index (χ2n) is 5.91. The highest BCUT2D eigenvalue weighted by molar-refractivity contribution is 5.71. The lowest BCUT2D eigenvalue weighted by molar-refractivity contribution is -0.141. The van der Waals surface area contributed by atoms with Gasteiger partial charge in [0.25, 0.3) is 0 Å². The quantitative estimate of drug-likeness (QED) is 0.618. The molecule has 8 heteroatoms. The molecule has 1 aromatic carbocycles. The maximum Gasteiger partial charge on any atom is 0.306 e. The number of methoxy groups -OCH3 is 4. The van der Waals surface area contributed by atoms with Gasteiger partial charge in [-0.3, -0.25) is 10.2 Å². The van der Waals surface area contributed by atoms with Crippen LogP contribution in [0.2, 0.25) is 0 Å². The van der Waals surface area contributed by atoms with Crippen molar-refractivity contribution in [3.05, 3.63) is 17.7 Å². The van der Waals surface area contributed by atoms with Crippen molar-refractivity contribution in [2.75, 3.05) is 28.4 Å². The highest BCUT2D eigenvalue weighted by Gasteiger charge is 2.41. The zero-order valence-corrected chi connectivity index (χ0v) is 15.2. The Hall–Kier alpha value is -2.03.